The molecule has 2 aromatic rings. The van der Waals surface area contributed by atoms with Gasteiger partial charge in [0, 0.05) is 44.2 Å². The lowest BCUT2D eigenvalue weighted by molar-refractivity contribution is -0.133. The Morgan fingerprint density at radius 2 is 1.58 bits per heavy atom. The third-order valence-electron chi connectivity index (χ3n) is 4.76. The number of amides is 1. The van der Waals surface area contributed by atoms with Crippen LogP contribution >= 0.6 is 11.6 Å². The second-order valence-corrected chi connectivity index (χ2v) is 7.03. The lowest BCUT2D eigenvalue weighted by Gasteiger charge is -2.34. The van der Waals surface area contributed by atoms with Crippen molar-refractivity contribution in [2.45, 2.75) is 19.4 Å². The first-order chi connectivity index (χ1) is 12.6. The van der Waals surface area contributed by atoms with Gasteiger partial charge < -0.3 is 4.90 Å². The van der Waals surface area contributed by atoms with E-state index in [0.717, 1.165) is 49.7 Å². The fourth-order valence-electron chi connectivity index (χ4n) is 3.16. The summed E-state index contributed by atoms with van der Waals surface area (Å²) in [6, 6.07) is 17.5. The first-order valence-corrected chi connectivity index (χ1v) is 9.25. The minimum absolute atomic E-state index is 0.220. The largest absolute Gasteiger partial charge is 0.340 e. The van der Waals surface area contributed by atoms with E-state index in [1.165, 1.54) is 5.56 Å². The molecule has 0 atom stereocenters. The van der Waals surface area contributed by atoms with Crippen LogP contribution in [0.25, 0.3) is 0 Å². The Morgan fingerprint density at radius 3 is 2.19 bits per heavy atom. The van der Waals surface area contributed by atoms with Crippen molar-refractivity contribution in [2.24, 2.45) is 0 Å². The summed E-state index contributed by atoms with van der Waals surface area (Å²) in [5, 5.41) is 9.58. The van der Waals surface area contributed by atoms with Gasteiger partial charge in [-0.3, -0.25) is 9.69 Å². The maximum Gasteiger partial charge on any atom is 0.222 e. The number of hydrogen-bond donors (Lipinski definition) is 0. The first-order valence-electron chi connectivity index (χ1n) is 8.87. The number of rotatable bonds is 5. The molecular weight excluding hydrogens is 346 g/mol. The van der Waals surface area contributed by atoms with E-state index in [0.29, 0.717) is 12.0 Å². The normalized spacial score (nSPS) is 14.8. The molecule has 0 aromatic heterocycles. The van der Waals surface area contributed by atoms with Gasteiger partial charge in [-0.15, -0.1) is 0 Å². The molecule has 1 heterocycles. The molecule has 4 nitrogen and oxygen atoms in total. The van der Waals surface area contributed by atoms with Crippen LogP contribution < -0.4 is 0 Å². The number of aryl methyl sites for hydroxylation is 1. The number of halogens is 1. The maximum absolute atomic E-state index is 12.4. The molecule has 3 rings (SSSR count). The van der Waals surface area contributed by atoms with Gasteiger partial charge in [-0.05, 0) is 41.8 Å². The van der Waals surface area contributed by atoms with E-state index in [2.05, 4.69) is 11.0 Å². The smallest absolute Gasteiger partial charge is 0.222 e. The number of hydrogen-bond acceptors (Lipinski definition) is 3. The molecule has 1 aliphatic heterocycles. The Morgan fingerprint density at radius 1 is 0.962 bits per heavy atom. The number of carbonyl (C=O) groups is 1. The average Bonchev–Trinajstić information content (AvgIpc) is 2.68. The van der Waals surface area contributed by atoms with E-state index in [9.17, 15) is 4.79 Å². The van der Waals surface area contributed by atoms with Crippen LogP contribution in [0.5, 0.6) is 0 Å². The molecule has 0 unspecified atom stereocenters. The highest BCUT2D eigenvalue weighted by Crippen LogP contribution is 2.13. The summed E-state index contributed by atoms with van der Waals surface area (Å²) in [5.41, 5.74) is 3.03. The summed E-state index contributed by atoms with van der Waals surface area (Å²) in [6.07, 6.45) is 1.29. The molecule has 0 bridgehead atoms. The van der Waals surface area contributed by atoms with Gasteiger partial charge in [-0.25, -0.2) is 0 Å². The Bertz CT molecular complexity index is 772. The van der Waals surface area contributed by atoms with Gasteiger partial charge in [0.2, 0.25) is 5.91 Å². The van der Waals surface area contributed by atoms with Gasteiger partial charge in [-0.2, -0.15) is 5.26 Å². The van der Waals surface area contributed by atoms with Crippen LogP contribution in [0.2, 0.25) is 5.02 Å². The maximum atomic E-state index is 12.4. The Hall–Kier alpha value is -2.35. The lowest BCUT2D eigenvalue weighted by Crippen LogP contribution is -2.48. The van der Waals surface area contributed by atoms with Crippen LogP contribution in [0, 0.1) is 11.3 Å². The van der Waals surface area contributed by atoms with Crippen molar-refractivity contribution in [3.63, 3.8) is 0 Å². The van der Waals surface area contributed by atoms with Gasteiger partial charge in [0.25, 0.3) is 0 Å². The second-order valence-electron chi connectivity index (χ2n) is 6.59. The number of carbonyl (C=O) groups excluding carboxylic acids is 1. The van der Waals surface area contributed by atoms with E-state index >= 15 is 0 Å². The summed E-state index contributed by atoms with van der Waals surface area (Å²) < 4.78 is 0. The summed E-state index contributed by atoms with van der Waals surface area (Å²) >= 11 is 5.89. The van der Waals surface area contributed by atoms with Crippen molar-refractivity contribution in [2.75, 3.05) is 26.2 Å². The fraction of sp³-hybridized carbons (Fsp3) is 0.333. The molecular formula is C21H22ClN3O. The first kappa shape index (κ1) is 18.4. The molecule has 2 aromatic carbocycles. The summed E-state index contributed by atoms with van der Waals surface area (Å²) in [7, 11) is 0. The molecule has 0 spiro atoms. The highest BCUT2D eigenvalue weighted by atomic mass is 35.5. The van der Waals surface area contributed by atoms with Crippen molar-refractivity contribution in [3.8, 4) is 6.07 Å². The number of nitriles is 1. The topological polar surface area (TPSA) is 47.3 Å². The second kappa shape index (κ2) is 8.84. The monoisotopic (exact) mass is 367 g/mol. The van der Waals surface area contributed by atoms with Crippen LogP contribution in [-0.2, 0) is 17.8 Å². The van der Waals surface area contributed by atoms with Crippen LogP contribution in [0.1, 0.15) is 23.1 Å². The van der Waals surface area contributed by atoms with Crippen molar-refractivity contribution in [3.05, 3.63) is 70.2 Å². The van der Waals surface area contributed by atoms with E-state index in [-0.39, 0.29) is 5.91 Å². The van der Waals surface area contributed by atoms with Crippen molar-refractivity contribution >= 4 is 17.5 Å². The zero-order valence-electron chi connectivity index (χ0n) is 14.7. The Labute approximate surface area is 159 Å². The minimum Gasteiger partial charge on any atom is -0.340 e. The Kier molecular flexibility index (Phi) is 6.27. The quantitative estimate of drug-likeness (QED) is 0.812. The van der Waals surface area contributed by atoms with Crippen LogP contribution in [0.15, 0.2) is 48.5 Å². The lowest BCUT2D eigenvalue weighted by atomic mass is 10.1. The number of piperazine rings is 1. The zero-order valence-corrected chi connectivity index (χ0v) is 15.5. The molecule has 134 valence electrons. The van der Waals surface area contributed by atoms with E-state index in [1.54, 1.807) is 0 Å². The molecule has 1 fully saturated rings. The van der Waals surface area contributed by atoms with Gasteiger partial charge >= 0.3 is 0 Å². The van der Waals surface area contributed by atoms with E-state index < -0.39 is 0 Å². The molecule has 26 heavy (non-hydrogen) atoms. The van der Waals surface area contributed by atoms with Crippen LogP contribution in [-0.4, -0.2) is 41.9 Å². The molecule has 0 radical (unpaired) electrons. The van der Waals surface area contributed by atoms with Gasteiger partial charge in [0.1, 0.15) is 0 Å². The van der Waals surface area contributed by atoms with Gasteiger partial charge in [-0.1, -0.05) is 35.9 Å². The molecule has 1 aliphatic rings. The third kappa shape index (κ3) is 5.08. The molecule has 5 heteroatoms. The number of benzene rings is 2. The number of nitrogens with zero attached hydrogens (tertiary/aromatic N) is 3. The SMILES string of the molecule is N#Cc1ccc(CN2CCN(C(=O)CCc3ccc(Cl)cc3)CC2)cc1. The predicted molar refractivity (Wildman–Crippen MR) is 103 cm³/mol. The van der Waals surface area contributed by atoms with E-state index in [1.807, 2.05) is 53.4 Å². The highest BCUT2D eigenvalue weighted by Gasteiger charge is 2.20. The standard InChI is InChI=1S/C21H22ClN3O/c22-20-8-5-17(6-9-20)7-10-21(26)25-13-11-24(12-14-25)16-19-3-1-18(15-23)2-4-19/h1-6,8-9H,7,10-14,16H2. The van der Waals surface area contributed by atoms with Crippen molar-refractivity contribution in [1.82, 2.24) is 9.80 Å². The predicted octanol–water partition coefficient (Wildman–Crippen LogP) is 3.49. The summed E-state index contributed by atoms with van der Waals surface area (Å²) in [4.78, 5) is 16.7. The van der Waals surface area contributed by atoms with Crippen LogP contribution in [0.4, 0.5) is 0 Å². The average molecular weight is 368 g/mol. The van der Waals surface area contributed by atoms with Crippen molar-refractivity contribution in [1.29, 1.82) is 5.26 Å². The van der Waals surface area contributed by atoms with E-state index in [4.69, 9.17) is 16.9 Å². The van der Waals surface area contributed by atoms with Crippen LogP contribution in [0.3, 0.4) is 0 Å². The molecule has 0 aliphatic carbocycles. The Balaban J connectivity index is 1.43. The summed E-state index contributed by atoms with van der Waals surface area (Å²) in [5.74, 6) is 0.220. The fourth-order valence-corrected chi connectivity index (χ4v) is 3.28. The third-order valence-corrected chi connectivity index (χ3v) is 5.01. The highest BCUT2D eigenvalue weighted by molar-refractivity contribution is 6.30. The zero-order chi connectivity index (χ0) is 18.4. The molecule has 1 amide bonds. The van der Waals surface area contributed by atoms with Gasteiger partial charge in [0.05, 0.1) is 11.6 Å². The molecule has 0 N–H and O–H groups in total. The van der Waals surface area contributed by atoms with Gasteiger partial charge in [0.15, 0.2) is 0 Å². The summed E-state index contributed by atoms with van der Waals surface area (Å²) in [6.45, 7) is 4.17. The molecule has 1 saturated heterocycles. The minimum atomic E-state index is 0.220. The molecule has 0 saturated carbocycles. The van der Waals surface area contributed by atoms with Crippen molar-refractivity contribution < 1.29 is 4.79 Å².